The molecule has 1 aliphatic rings. The number of nitrogens with zero attached hydrogens (tertiary/aromatic N) is 5. The van der Waals surface area contributed by atoms with Crippen LogP contribution in [0.25, 0.3) is 11.0 Å². The van der Waals surface area contributed by atoms with E-state index in [1.165, 1.54) is 12.4 Å². The largest absolute Gasteiger partial charge is 0.477 e. The van der Waals surface area contributed by atoms with Crippen LogP contribution in [0.2, 0.25) is 0 Å². The van der Waals surface area contributed by atoms with Gasteiger partial charge in [0.15, 0.2) is 5.78 Å². The Morgan fingerprint density at radius 3 is 2.45 bits per heavy atom. The highest BCUT2D eigenvalue weighted by Crippen LogP contribution is 2.19. The number of Topliss-reactive ketones (excluding diaryl/α,β-unsaturated/α-hetero) is 1. The van der Waals surface area contributed by atoms with Crippen LogP contribution >= 0.6 is 0 Å². The van der Waals surface area contributed by atoms with Crippen molar-refractivity contribution in [1.82, 2.24) is 19.4 Å². The van der Waals surface area contributed by atoms with Crippen molar-refractivity contribution in [2.75, 3.05) is 31.1 Å². The molecule has 1 aromatic carbocycles. The Hall–Kier alpha value is -4.01. The number of rotatable bonds is 7. The summed E-state index contributed by atoms with van der Waals surface area (Å²) in [5, 5.41) is 9.48. The molecule has 3 aromatic rings. The van der Waals surface area contributed by atoms with E-state index in [1.807, 2.05) is 30.0 Å². The zero-order valence-corrected chi connectivity index (χ0v) is 18.4. The Morgan fingerprint density at radius 1 is 1.12 bits per heavy atom. The molecule has 9 heteroatoms. The van der Waals surface area contributed by atoms with Crippen LogP contribution in [0.4, 0.5) is 5.95 Å². The molecule has 0 amide bonds. The summed E-state index contributed by atoms with van der Waals surface area (Å²) in [7, 11) is 0. The van der Waals surface area contributed by atoms with E-state index >= 15 is 0 Å². The first-order valence-electron chi connectivity index (χ1n) is 10.8. The van der Waals surface area contributed by atoms with Crippen LogP contribution in [0.15, 0.2) is 59.8 Å². The zero-order chi connectivity index (χ0) is 23.5. The molecule has 0 bridgehead atoms. The number of carbonyl (C=O) groups is 2. The lowest BCUT2D eigenvalue weighted by Crippen LogP contribution is -2.46. The smallest absolute Gasteiger partial charge is 0.341 e. The summed E-state index contributed by atoms with van der Waals surface area (Å²) in [6.45, 7) is 9.04. The number of fused-ring (bicyclic) bond motifs is 1. The number of aromatic carboxylic acids is 1. The Bertz CT molecular complexity index is 1280. The number of hydrogen-bond acceptors (Lipinski definition) is 7. The van der Waals surface area contributed by atoms with Gasteiger partial charge in [0, 0.05) is 56.4 Å². The first-order valence-corrected chi connectivity index (χ1v) is 10.8. The van der Waals surface area contributed by atoms with Gasteiger partial charge in [-0.05, 0) is 6.92 Å². The number of aromatic nitrogens is 3. The number of pyridine rings is 1. The third kappa shape index (κ3) is 4.48. The number of benzene rings is 1. The quantitative estimate of drug-likeness (QED) is 0.550. The number of hydrogen-bond donors (Lipinski definition) is 1. The number of anilines is 1. The maximum Gasteiger partial charge on any atom is 0.341 e. The second-order valence-corrected chi connectivity index (χ2v) is 7.88. The number of carbonyl (C=O) groups excluding carboxylic acids is 1. The van der Waals surface area contributed by atoms with Crippen LogP contribution in [0, 0.1) is 0 Å². The summed E-state index contributed by atoms with van der Waals surface area (Å²) in [5.74, 6) is -0.743. The number of carboxylic acids is 1. The summed E-state index contributed by atoms with van der Waals surface area (Å²) < 4.78 is 1.65. The molecule has 0 atom stereocenters. The maximum absolute atomic E-state index is 12.5. The van der Waals surface area contributed by atoms with Gasteiger partial charge in [-0.3, -0.25) is 9.59 Å². The van der Waals surface area contributed by atoms with Crippen LogP contribution < -0.4 is 10.3 Å². The van der Waals surface area contributed by atoms with Gasteiger partial charge in [0.25, 0.3) is 0 Å². The average Bonchev–Trinajstić information content (AvgIpc) is 2.84. The fraction of sp³-hybridized carbons (Fsp3) is 0.292. The minimum absolute atomic E-state index is 0.0409. The van der Waals surface area contributed by atoms with Crippen molar-refractivity contribution in [3.8, 4) is 0 Å². The molecule has 4 rings (SSSR count). The molecular weight excluding hydrogens is 422 g/mol. The number of aryl methyl sites for hydroxylation is 1. The molecule has 0 spiro atoms. The molecule has 0 radical (unpaired) electrons. The highest BCUT2D eigenvalue weighted by atomic mass is 16.4. The van der Waals surface area contributed by atoms with E-state index in [9.17, 15) is 19.5 Å². The van der Waals surface area contributed by atoms with Crippen molar-refractivity contribution >= 4 is 28.7 Å². The summed E-state index contributed by atoms with van der Waals surface area (Å²) in [4.78, 5) is 49.4. The van der Waals surface area contributed by atoms with E-state index in [-0.39, 0.29) is 23.2 Å². The van der Waals surface area contributed by atoms with E-state index in [1.54, 1.807) is 16.7 Å². The molecule has 9 nitrogen and oxygen atoms in total. The maximum atomic E-state index is 12.5. The molecule has 3 heterocycles. The number of carboxylic acid groups (broad SMARTS) is 1. The molecule has 2 aromatic heterocycles. The molecule has 0 saturated carbocycles. The van der Waals surface area contributed by atoms with Crippen molar-refractivity contribution in [2.24, 2.45) is 0 Å². The van der Waals surface area contributed by atoms with E-state index < -0.39 is 11.4 Å². The van der Waals surface area contributed by atoms with Crippen LogP contribution in [0.1, 0.15) is 34.1 Å². The summed E-state index contributed by atoms with van der Waals surface area (Å²) in [5.41, 5.74) is 0.993. The molecule has 33 heavy (non-hydrogen) atoms. The SMILES string of the molecule is C=C(CC(=O)c1ccccc1)N1CCN(c2ncc3c(=O)c(C(=O)O)cn(CC)c3n2)CC1. The predicted octanol–water partition coefficient (Wildman–Crippen LogP) is 2.42. The van der Waals surface area contributed by atoms with Gasteiger partial charge in [-0.2, -0.15) is 4.98 Å². The Balaban J connectivity index is 1.47. The normalized spacial score (nSPS) is 13.8. The predicted molar refractivity (Wildman–Crippen MR) is 125 cm³/mol. The van der Waals surface area contributed by atoms with Crippen LogP contribution in [-0.4, -0.2) is 62.5 Å². The topological polar surface area (TPSA) is 109 Å². The number of ketones is 1. The number of piperazine rings is 1. The first kappa shape index (κ1) is 22.2. The molecular formula is C24H25N5O4. The van der Waals surface area contributed by atoms with Gasteiger partial charge in [-0.15, -0.1) is 0 Å². The lowest BCUT2D eigenvalue weighted by Gasteiger charge is -2.37. The minimum atomic E-state index is -1.27. The van der Waals surface area contributed by atoms with E-state index in [0.29, 0.717) is 49.9 Å². The minimum Gasteiger partial charge on any atom is -0.477 e. The molecule has 0 unspecified atom stereocenters. The average molecular weight is 447 g/mol. The molecule has 0 aliphatic carbocycles. The fourth-order valence-corrected chi connectivity index (χ4v) is 3.96. The fourth-order valence-electron chi connectivity index (χ4n) is 3.96. The highest BCUT2D eigenvalue weighted by Gasteiger charge is 2.23. The standard InChI is InChI=1S/C24H25N5O4/c1-3-27-15-19(23(32)33)21(31)18-14-25-24(26-22(18)27)29-11-9-28(10-12-29)16(2)13-20(30)17-7-5-4-6-8-17/h4-8,14-15H,2-3,9-13H2,1H3,(H,32,33). The third-order valence-electron chi connectivity index (χ3n) is 5.84. The highest BCUT2D eigenvalue weighted by molar-refractivity contribution is 5.97. The Kier molecular flexibility index (Phi) is 6.21. The van der Waals surface area contributed by atoms with E-state index in [2.05, 4.69) is 21.4 Å². The van der Waals surface area contributed by atoms with Gasteiger partial charge < -0.3 is 19.5 Å². The monoisotopic (exact) mass is 447 g/mol. The third-order valence-corrected chi connectivity index (χ3v) is 5.84. The van der Waals surface area contributed by atoms with Gasteiger partial charge in [-0.1, -0.05) is 36.9 Å². The van der Waals surface area contributed by atoms with Gasteiger partial charge in [-0.25, -0.2) is 9.78 Å². The zero-order valence-electron chi connectivity index (χ0n) is 18.4. The first-order chi connectivity index (χ1) is 15.9. The van der Waals surface area contributed by atoms with Crippen LogP contribution in [0.5, 0.6) is 0 Å². The van der Waals surface area contributed by atoms with E-state index in [4.69, 9.17) is 0 Å². The van der Waals surface area contributed by atoms with Crippen LogP contribution in [0.3, 0.4) is 0 Å². The van der Waals surface area contributed by atoms with E-state index in [0.717, 1.165) is 5.70 Å². The lowest BCUT2D eigenvalue weighted by atomic mass is 10.1. The van der Waals surface area contributed by atoms with Crippen LogP contribution in [-0.2, 0) is 6.54 Å². The van der Waals surface area contributed by atoms with Crippen molar-refractivity contribution < 1.29 is 14.7 Å². The van der Waals surface area contributed by atoms with Crippen molar-refractivity contribution in [2.45, 2.75) is 19.9 Å². The van der Waals surface area contributed by atoms with Crippen molar-refractivity contribution in [1.29, 1.82) is 0 Å². The summed E-state index contributed by atoms with van der Waals surface area (Å²) >= 11 is 0. The second-order valence-electron chi connectivity index (χ2n) is 7.88. The molecule has 1 N–H and O–H groups in total. The second kappa shape index (κ2) is 9.23. The lowest BCUT2D eigenvalue weighted by molar-refractivity contribution is 0.0694. The van der Waals surface area contributed by atoms with Crippen molar-refractivity contribution in [3.63, 3.8) is 0 Å². The van der Waals surface area contributed by atoms with Gasteiger partial charge >= 0.3 is 5.97 Å². The summed E-state index contributed by atoms with van der Waals surface area (Å²) in [6, 6.07) is 9.18. The Labute approximate surface area is 190 Å². The molecule has 1 fully saturated rings. The summed E-state index contributed by atoms with van der Waals surface area (Å²) in [6.07, 6.45) is 3.00. The van der Waals surface area contributed by atoms with Gasteiger partial charge in [0.2, 0.25) is 11.4 Å². The molecule has 1 saturated heterocycles. The number of allylic oxidation sites excluding steroid dienone is 1. The molecule has 1 aliphatic heterocycles. The van der Waals surface area contributed by atoms with Gasteiger partial charge in [0.05, 0.1) is 11.8 Å². The molecule has 170 valence electrons. The van der Waals surface area contributed by atoms with Crippen molar-refractivity contribution in [3.05, 3.63) is 76.4 Å². The Morgan fingerprint density at radius 2 is 1.82 bits per heavy atom. The van der Waals surface area contributed by atoms with Gasteiger partial charge in [0.1, 0.15) is 11.2 Å².